The van der Waals surface area contributed by atoms with E-state index in [1.54, 1.807) is 24.3 Å². The molecule has 2 heterocycles. The molecule has 0 radical (unpaired) electrons. The Kier molecular flexibility index (Phi) is 4.76. The summed E-state index contributed by atoms with van der Waals surface area (Å²) >= 11 is 1.52. The lowest BCUT2D eigenvalue weighted by Crippen LogP contribution is -2.02. The van der Waals surface area contributed by atoms with E-state index in [0.717, 1.165) is 4.88 Å². The largest absolute Gasteiger partial charge is 0.485 e. The molecule has 0 fully saturated rings. The first-order valence-electron chi connectivity index (χ1n) is 8.08. The fraction of sp³-hybridized carbons (Fsp3) is 0.0500. The van der Waals surface area contributed by atoms with Crippen LogP contribution in [0.25, 0.3) is 10.8 Å². The molecule has 7 heteroatoms. The van der Waals surface area contributed by atoms with E-state index in [0.29, 0.717) is 28.6 Å². The van der Waals surface area contributed by atoms with Gasteiger partial charge >= 0.3 is 0 Å². The Bertz CT molecular complexity index is 1040. The van der Waals surface area contributed by atoms with Gasteiger partial charge in [0.1, 0.15) is 11.6 Å². The minimum Gasteiger partial charge on any atom is -0.485 e. The number of nitrogens with zero attached hydrogens (tertiary/aromatic N) is 2. The Labute approximate surface area is 158 Å². The molecule has 0 saturated carbocycles. The zero-order chi connectivity index (χ0) is 18.6. The molecule has 0 aliphatic rings. The van der Waals surface area contributed by atoms with E-state index in [9.17, 15) is 9.18 Å². The molecule has 0 amide bonds. The summed E-state index contributed by atoms with van der Waals surface area (Å²) in [6, 6.07) is 16.0. The Morgan fingerprint density at radius 3 is 2.41 bits per heavy atom. The number of hydrogen-bond acceptors (Lipinski definition) is 6. The third kappa shape index (κ3) is 3.93. The second kappa shape index (κ2) is 7.51. The number of ether oxygens (including phenoxy) is 1. The predicted molar refractivity (Wildman–Crippen MR) is 98.2 cm³/mol. The first-order valence-corrected chi connectivity index (χ1v) is 8.96. The van der Waals surface area contributed by atoms with Crippen molar-refractivity contribution in [3.05, 3.63) is 88.8 Å². The van der Waals surface area contributed by atoms with E-state index in [1.165, 1.54) is 35.6 Å². The van der Waals surface area contributed by atoms with Crippen LogP contribution in [0.1, 0.15) is 21.7 Å². The smallest absolute Gasteiger partial charge is 0.268 e. The molecular formula is C20H13FN2O3S. The highest BCUT2D eigenvalue weighted by atomic mass is 32.1. The lowest BCUT2D eigenvalue weighted by Gasteiger charge is -2.05. The topological polar surface area (TPSA) is 65.2 Å². The number of hydrogen-bond donors (Lipinski definition) is 0. The third-order valence-corrected chi connectivity index (χ3v) is 4.65. The zero-order valence-corrected chi connectivity index (χ0v) is 14.8. The molecule has 0 saturated heterocycles. The highest BCUT2D eigenvalue weighted by molar-refractivity contribution is 7.13. The molecule has 5 nitrogen and oxygen atoms in total. The van der Waals surface area contributed by atoms with Crippen LogP contribution in [0.15, 0.2) is 70.6 Å². The quantitative estimate of drug-likeness (QED) is 0.452. The maximum absolute atomic E-state index is 13.0. The van der Waals surface area contributed by atoms with Crippen molar-refractivity contribution in [3.63, 3.8) is 0 Å². The standard InChI is InChI=1S/C20H13FN2O3S/c21-15-7-3-13(4-8-15)19(24)14-5-9-16(10-6-14)25-12-18-22-20(26-23-18)17-2-1-11-27-17/h1-11H,12H2. The summed E-state index contributed by atoms with van der Waals surface area (Å²) in [4.78, 5) is 17.6. The van der Waals surface area contributed by atoms with Crippen molar-refractivity contribution in [2.45, 2.75) is 6.61 Å². The second-order valence-electron chi connectivity index (χ2n) is 5.64. The Morgan fingerprint density at radius 1 is 1.04 bits per heavy atom. The van der Waals surface area contributed by atoms with E-state index in [1.807, 2.05) is 17.5 Å². The summed E-state index contributed by atoms with van der Waals surface area (Å²) < 4.78 is 23.8. The van der Waals surface area contributed by atoms with Gasteiger partial charge in [-0.05, 0) is 60.0 Å². The van der Waals surface area contributed by atoms with E-state index in [2.05, 4.69) is 10.1 Å². The molecule has 0 aliphatic carbocycles. The minimum absolute atomic E-state index is 0.153. The number of halogens is 1. The van der Waals surface area contributed by atoms with Crippen molar-refractivity contribution in [1.29, 1.82) is 0 Å². The van der Waals surface area contributed by atoms with Gasteiger partial charge in [0.15, 0.2) is 12.4 Å². The number of rotatable bonds is 6. The van der Waals surface area contributed by atoms with Gasteiger partial charge in [0.25, 0.3) is 5.89 Å². The molecule has 134 valence electrons. The summed E-state index contributed by atoms with van der Waals surface area (Å²) in [5, 5.41) is 5.83. The molecule has 4 rings (SSSR count). The highest BCUT2D eigenvalue weighted by Gasteiger charge is 2.11. The maximum atomic E-state index is 13.0. The number of carbonyl (C=O) groups is 1. The van der Waals surface area contributed by atoms with Crippen LogP contribution in [-0.4, -0.2) is 15.9 Å². The van der Waals surface area contributed by atoms with Crippen LogP contribution < -0.4 is 4.74 Å². The van der Waals surface area contributed by atoms with Gasteiger partial charge in [-0.1, -0.05) is 11.2 Å². The van der Waals surface area contributed by atoms with Crippen molar-refractivity contribution in [2.75, 3.05) is 0 Å². The van der Waals surface area contributed by atoms with E-state index in [4.69, 9.17) is 9.26 Å². The Morgan fingerprint density at radius 2 is 1.74 bits per heavy atom. The van der Waals surface area contributed by atoms with Crippen LogP contribution in [0.5, 0.6) is 5.75 Å². The van der Waals surface area contributed by atoms with Crippen molar-refractivity contribution in [1.82, 2.24) is 10.1 Å². The van der Waals surface area contributed by atoms with Crippen molar-refractivity contribution in [3.8, 4) is 16.5 Å². The van der Waals surface area contributed by atoms with E-state index >= 15 is 0 Å². The van der Waals surface area contributed by atoms with Gasteiger partial charge in [-0.15, -0.1) is 11.3 Å². The van der Waals surface area contributed by atoms with Crippen LogP contribution >= 0.6 is 11.3 Å². The second-order valence-corrected chi connectivity index (χ2v) is 6.59. The average molecular weight is 380 g/mol. The van der Waals surface area contributed by atoms with Crippen molar-refractivity contribution < 1.29 is 18.4 Å². The predicted octanol–water partition coefficient (Wildman–Crippen LogP) is 4.75. The highest BCUT2D eigenvalue weighted by Crippen LogP contribution is 2.23. The number of benzene rings is 2. The van der Waals surface area contributed by atoms with Gasteiger partial charge in [0, 0.05) is 11.1 Å². The molecule has 2 aromatic heterocycles. The molecule has 0 bridgehead atoms. The molecular weight excluding hydrogens is 367 g/mol. The summed E-state index contributed by atoms with van der Waals surface area (Å²) in [5.41, 5.74) is 0.923. The summed E-state index contributed by atoms with van der Waals surface area (Å²) in [6.07, 6.45) is 0. The zero-order valence-electron chi connectivity index (χ0n) is 14.0. The van der Waals surface area contributed by atoms with Gasteiger partial charge in [0.05, 0.1) is 4.88 Å². The molecule has 4 aromatic rings. The summed E-state index contributed by atoms with van der Waals surface area (Å²) in [6.45, 7) is 0.153. The van der Waals surface area contributed by atoms with Crippen LogP contribution in [0.3, 0.4) is 0 Å². The number of carbonyl (C=O) groups excluding carboxylic acids is 1. The molecule has 0 aliphatic heterocycles. The summed E-state index contributed by atoms with van der Waals surface area (Å²) in [7, 11) is 0. The normalized spacial score (nSPS) is 10.7. The summed E-state index contributed by atoms with van der Waals surface area (Å²) in [5.74, 6) is 0.918. The van der Waals surface area contributed by atoms with Crippen molar-refractivity contribution >= 4 is 17.1 Å². The number of ketones is 1. The molecule has 0 spiro atoms. The Balaban J connectivity index is 1.39. The SMILES string of the molecule is O=C(c1ccc(F)cc1)c1ccc(OCc2noc(-c3cccs3)n2)cc1. The lowest BCUT2D eigenvalue weighted by molar-refractivity contribution is 0.103. The van der Waals surface area contributed by atoms with Crippen LogP contribution in [0.2, 0.25) is 0 Å². The van der Waals surface area contributed by atoms with Gasteiger partial charge in [-0.2, -0.15) is 4.98 Å². The van der Waals surface area contributed by atoms with Gasteiger partial charge in [-0.25, -0.2) is 4.39 Å². The molecule has 27 heavy (non-hydrogen) atoms. The first-order chi connectivity index (χ1) is 13.2. The average Bonchev–Trinajstić information content (AvgIpc) is 3.38. The molecule has 0 N–H and O–H groups in total. The fourth-order valence-electron chi connectivity index (χ4n) is 2.43. The van der Waals surface area contributed by atoms with Gasteiger partial charge in [-0.3, -0.25) is 4.79 Å². The fourth-order valence-corrected chi connectivity index (χ4v) is 3.08. The van der Waals surface area contributed by atoms with Gasteiger partial charge in [0.2, 0.25) is 5.82 Å². The van der Waals surface area contributed by atoms with E-state index < -0.39 is 0 Å². The monoisotopic (exact) mass is 380 g/mol. The van der Waals surface area contributed by atoms with Crippen molar-refractivity contribution in [2.24, 2.45) is 0 Å². The number of aromatic nitrogens is 2. The molecule has 0 unspecified atom stereocenters. The lowest BCUT2D eigenvalue weighted by atomic mass is 10.0. The Hall–Kier alpha value is -3.32. The minimum atomic E-state index is -0.376. The van der Waals surface area contributed by atoms with Crippen LogP contribution in [-0.2, 0) is 6.61 Å². The van der Waals surface area contributed by atoms with Gasteiger partial charge < -0.3 is 9.26 Å². The van der Waals surface area contributed by atoms with E-state index in [-0.39, 0.29) is 18.2 Å². The van der Waals surface area contributed by atoms with Crippen LogP contribution in [0, 0.1) is 5.82 Å². The third-order valence-electron chi connectivity index (χ3n) is 3.79. The van der Waals surface area contributed by atoms with Crippen LogP contribution in [0.4, 0.5) is 4.39 Å². The molecule has 0 atom stereocenters. The molecule has 2 aromatic carbocycles. The first kappa shape index (κ1) is 17.1. The maximum Gasteiger partial charge on any atom is 0.268 e. The number of thiophene rings is 1.